The van der Waals surface area contributed by atoms with Gasteiger partial charge in [0.1, 0.15) is 0 Å². The van der Waals surface area contributed by atoms with Gasteiger partial charge in [-0.15, -0.1) is 0 Å². The van der Waals surface area contributed by atoms with Crippen molar-refractivity contribution in [2.24, 2.45) is 0 Å². The van der Waals surface area contributed by atoms with E-state index in [4.69, 9.17) is 11.6 Å². The molecule has 0 saturated heterocycles. The van der Waals surface area contributed by atoms with Crippen molar-refractivity contribution in [2.45, 2.75) is 0 Å². The molecule has 3 rings (SSSR count). The van der Waals surface area contributed by atoms with Crippen LogP contribution in [0, 0.1) is 11.6 Å². The molecule has 0 aliphatic heterocycles. The molecule has 2 N–H and O–H groups in total. The van der Waals surface area contributed by atoms with Crippen molar-refractivity contribution in [3.8, 4) is 11.1 Å². The summed E-state index contributed by atoms with van der Waals surface area (Å²) in [6.07, 6.45) is 0. The van der Waals surface area contributed by atoms with Crippen LogP contribution in [0.15, 0.2) is 60.7 Å². The van der Waals surface area contributed by atoms with Crippen LogP contribution in [0.1, 0.15) is 20.7 Å². The molecule has 0 saturated carbocycles. The van der Waals surface area contributed by atoms with Crippen molar-refractivity contribution >= 4 is 29.2 Å². The Morgan fingerprint density at radius 1 is 0.889 bits per heavy atom. The Labute approximate surface area is 158 Å². The Bertz CT molecular complexity index is 1050. The van der Waals surface area contributed by atoms with Crippen molar-refractivity contribution in [2.75, 3.05) is 5.32 Å². The second kappa shape index (κ2) is 7.55. The zero-order chi connectivity index (χ0) is 19.6. The predicted octanol–water partition coefficient (Wildman–Crippen LogP) is 5.24. The largest absolute Gasteiger partial charge is 0.478 e. The maximum Gasteiger partial charge on any atom is 0.337 e. The van der Waals surface area contributed by atoms with E-state index in [-0.39, 0.29) is 16.8 Å². The number of aromatic carboxylic acids is 1. The number of hydrogen-bond acceptors (Lipinski definition) is 2. The molecule has 7 heteroatoms. The van der Waals surface area contributed by atoms with Gasteiger partial charge >= 0.3 is 5.97 Å². The number of nitrogens with one attached hydrogen (secondary N) is 1. The molecule has 4 nitrogen and oxygen atoms in total. The van der Waals surface area contributed by atoms with E-state index in [1.807, 2.05) is 0 Å². The summed E-state index contributed by atoms with van der Waals surface area (Å²) in [4.78, 5) is 23.9. The number of carboxylic acid groups (broad SMARTS) is 1. The average Bonchev–Trinajstić information content (AvgIpc) is 2.63. The topological polar surface area (TPSA) is 66.4 Å². The minimum absolute atomic E-state index is 0.0229. The third-order valence-corrected chi connectivity index (χ3v) is 4.07. The van der Waals surface area contributed by atoms with Crippen LogP contribution >= 0.6 is 11.6 Å². The van der Waals surface area contributed by atoms with Gasteiger partial charge in [-0.2, -0.15) is 0 Å². The minimum atomic E-state index is -1.24. The summed E-state index contributed by atoms with van der Waals surface area (Å²) in [6.45, 7) is 0. The van der Waals surface area contributed by atoms with Crippen LogP contribution < -0.4 is 5.32 Å². The Morgan fingerprint density at radius 3 is 2.26 bits per heavy atom. The van der Waals surface area contributed by atoms with E-state index in [9.17, 15) is 23.5 Å². The van der Waals surface area contributed by atoms with Crippen molar-refractivity contribution < 1.29 is 23.5 Å². The molecular weight excluding hydrogens is 376 g/mol. The first kappa shape index (κ1) is 18.5. The molecule has 1 amide bonds. The summed E-state index contributed by atoms with van der Waals surface area (Å²) in [7, 11) is 0. The van der Waals surface area contributed by atoms with Gasteiger partial charge in [0.2, 0.25) is 0 Å². The van der Waals surface area contributed by atoms with E-state index < -0.39 is 23.5 Å². The standard InChI is InChI=1S/C20H12ClF2NO3/c21-14-3-1-2-13(8-14)19(25)24-18-10-12(4-6-15(18)20(26)27)11-5-7-16(22)17(23)9-11/h1-10H,(H,24,25)(H,26,27). The van der Waals surface area contributed by atoms with Crippen LogP contribution in [0.2, 0.25) is 5.02 Å². The van der Waals surface area contributed by atoms with Gasteiger partial charge in [-0.05, 0) is 53.6 Å². The average molecular weight is 388 g/mol. The molecule has 0 bridgehead atoms. The summed E-state index contributed by atoms with van der Waals surface area (Å²) in [5.41, 5.74) is 0.882. The van der Waals surface area contributed by atoms with Crippen molar-refractivity contribution in [1.82, 2.24) is 0 Å². The molecule has 0 spiro atoms. The molecule has 0 radical (unpaired) electrons. The highest BCUT2D eigenvalue weighted by molar-refractivity contribution is 6.31. The maximum absolute atomic E-state index is 13.5. The minimum Gasteiger partial charge on any atom is -0.478 e. The highest BCUT2D eigenvalue weighted by atomic mass is 35.5. The molecule has 0 atom stereocenters. The fourth-order valence-electron chi connectivity index (χ4n) is 2.51. The molecule has 27 heavy (non-hydrogen) atoms. The zero-order valence-corrected chi connectivity index (χ0v) is 14.4. The monoisotopic (exact) mass is 387 g/mol. The number of benzene rings is 3. The van der Waals surface area contributed by atoms with Gasteiger partial charge in [0, 0.05) is 10.6 Å². The first-order valence-electron chi connectivity index (χ1n) is 7.75. The van der Waals surface area contributed by atoms with Crippen molar-refractivity contribution in [3.05, 3.63) is 88.4 Å². The molecule has 0 aromatic heterocycles. The molecule has 0 heterocycles. The highest BCUT2D eigenvalue weighted by Crippen LogP contribution is 2.27. The highest BCUT2D eigenvalue weighted by Gasteiger charge is 2.16. The normalized spacial score (nSPS) is 10.5. The quantitative estimate of drug-likeness (QED) is 0.643. The number of anilines is 1. The Balaban J connectivity index is 2.00. The lowest BCUT2D eigenvalue weighted by molar-refractivity contribution is 0.0698. The number of carbonyl (C=O) groups excluding carboxylic acids is 1. The number of hydrogen-bond donors (Lipinski definition) is 2. The third-order valence-electron chi connectivity index (χ3n) is 3.84. The SMILES string of the molecule is O=C(Nc1cc(-c2ccc(F)c(F)c2)ccc1C(=O)O)c1cccc(Cl)c1. The molecule has 3 aromatic carbocycles. The summed E-state index contributed by atoms with van der Waals surface area (Å²) in [6, 6.07) is 13.6. The van der Waals surface area contributed by atoms with Crippen LogP contribution in [0.4, 0.5) is 14.5 Å². The molecule has 3 aromatic rings. The van der Waals surface area contributed by atoms with E-state index in [2.05, 4.69) is 5.32 Å². The smallest absolute Gasteiger partial charge is 0.337 e. The van der Waals surface area contributed by atoms with Gasteiger partial charge in [0.15, 0.2) is 11.6 Å². The van der Waals surface area contributed by atoms with E-state index in [0.29, 0.717) is 16.1 Å². The van der Waals surface area contributed by atoms with E-state index in [1.54, 1.807) is 12.1 Å². The predicted molar refractivity (Wildman–Crippen MR) is 98.2 cm³/mol. The fraction of sp³-hybridized carbons (Fsp3) is 0. The Hall–Kier alpha value is -3.25. The van der Waals surface area contributed by atoms with Crippen LogP contribution in [0.3, 0.4) is 0 Å². The second-order valence-corrected chi connectivity index (χ2v) is 6.10. The van der Waals surface area contributed by atoms with Crippen molar-refractivity contribution in [3.63, 3.8) is 0 Å². The van der Waals surface area contributed by atoms with Crippen LogP contribution in [0.25, 0.3) is 11.1 Å². The molecule has 136 valence electrons. The zero-order valence-electron chi connectivity index (χ0n) is 13.7. The van der Waals surface area contributed by atoms with E-state index in [0.717, 1.165) is 12.1 Å². The summed E-state index contributed by atoms with van der Waals surface area (Å²) in [5, 5.41) is 12.2. The van der Waals surface area contributed by atoms with Gasteiger partial charge in [-0.1, -0.05) is 29.8 Å². The number of carbonyl (C=O) groups is 2. The first-order chi connectivity index (χ1) is 12.8. The molecule has 0 aliphatic rings. The fourth-order valence-corrected chi connectivity index (χ4v) is 2.70. The van der Waals surface area contributed by atoms with Gasteiger partial charge in [-0.3, -0.25) is 4.79 Å². The first-order valence-corrected chi connectivity index (χ1v) is 8.12. The molecule has 0 aliphatic carbocycles. The van der Waals surface area contributed by atoms with Gasteiger partial charge in [0.05, 0.1) is 11.3 Å². The molecule has 0 unspecified atom stereocenters. The van der Waals surface area contributed by atoms with Crippen LogP contribution in [-0.4, -0.2) is 17.0 Å². The Morgan fingerprint density at radius 2 is 1.59 bits per heavy atom. The summed E-state index contributed by atoms with van der Waals surface area (Å²) in [5.74, 6) is -3.81. The number of amides is 1. The lowest BCUT2D eigenvalue weighted by atomic mass is 10.0. The maximum atomic E-state index is 13.5. The van der Waals surface area contributed by atoms with Crippen LogP contribution in [-0.2, 0) is 0 Å². The van der Waals surface area contributed by atoms with Gasteiger partial charge in [0.25, 0.3) is 5.91 Å². The third kappa shape index (κ3) is 4.12. The van der Waals surface area contributed by atoms with E-state index in [1.165, 1.54) is 36.4 Å². The van der Waals surface area contributed by atoms with Crippen LogP contribution in [0.5, 0.6) is 0 Å². The van der Waals surface area contributed by atoms with Gasteiger partial charge in [-0.25, -0.2) is 13.6 Å². The number of carboxylic acids is 1. The van der Waals surface area contributed by atoms with E-state index >= 15 is 0 Å². The lowest BCUT2D eigenvalue weighted by Gasteiger charge is -2.11. The number of rotatable bonds is 4. The van der Waals surface area contributed by atoms with Crippen molar-refractivity contribution in [1.29, 1.82) is 0 Å². The number of halogens is 3. The second-order valence-electron chi connectivity index (χ2n) is 5.66. The summed E-state index contributed by atoms with van der Waals surface area (Å²) >= 11 is 5.87. The Kier molecular flexibility index (Phi) is 5.19. The molecule has 0 fully saturated rings. The molecular formula is C20H12ClF2NO3. The lowest BCUT2D eigenvalue weighted by Crippen LogP contribution is -2.15. The van der Waals surface area contributed by atoms with Gasteiger partial charge < -0.3 is 10.4 Å². The summed E-state index contributed by atoms with van der Waals surface area (Å²) < 4.78 is 26.6.